The number of Topliss-reactive ketones (excluding diaryl/α,β-unsaturated/α-hetero) is 2. The Morgan fingerprint density at radius 1 is 1.13 bits per heavy atom. The molecule has 0 atom stereocenters. The Kier molecular flexibility index (Phi) is 4.71. The first-order chi connectivity index (χ1) is 14.1. The third kappa shape index (κ3) is 3.28. The number of rotatable bonds is 4. The van der Waals surface area contributed by atoms with Gasteiger partial charge in [-0.3, -0.25) is 9.59 Å². The van der Waals surface area contributed by atoms with E-state index in [9.17, 15) is 32.7 Å². The molecule has 1 aromatic carbocycles. The average Bonchev–Trinajstić information content (AvgIpc) is 3.29. The molecule has 6 nitrogen and oxygen atoms in total. The summed E-state index contributed by atoms with van der Waals surface area (Å²) in [5.41, 5.74) is -1.65. The van der Waals surface area contributed by atoms with E-state index < -0.39 is 40.4 Å². The molecule has 4 rings (SSSR count). The quantitative estimate of drug-likeness (QED) is 0.606. The van der Waals surface area contributed by atoms with Gasteiger partial charge in [-0.15, -0.1) is 0 Å². The van der Waals surface area contributed by atoms with Gasteiger partial charge in [0.25, 0.3) is 0 Å². The maximum atomic E-state index is 13.7. The summed E-state index contributed by atoms with van der Waals surface area (Å²) in [4.78, 5) is 36.6. The van der Waals surface area contributed by atoms with Crippen molar-refractivity contribution in [2.24, 2.45) is 0 Å². The zero-order chi connectivity index (χ0) is 21.7. The lowest BCUT2D eigenvalue weighted by molar-refractivity contribution is -0.141. The highest BCUT2D eigenvalue weighted by Crippen LogP contribution is 2.44. The maximum Gasteiger partial charge on any atom is 0.418 e. The molecule has 1 aliphatic heterocycles. The lowest BCUT2D eigenvalue weighted by Crippen LogP contribution is -2.46. The van der Waals surface area contributed by atoms with Gasteiger partial charge in [-0.05, 0) is 18.9 Å². The molecule has 1 saturated carbocycles. The van der Waals surface area contributed by atoms with Gasteiger partial charge in [-0.1, -0.05) is 31.0 Å². The number of ketones is 2. The molecular formula is C21H19F3N2O4. The summed E-state index contributed by atoms with van der Waals surface area (Å²) in [5, 5.41) is 9.32. The van der Waals surface area contributed by atoms with Crippen LogP contribution in [-0.2, 0) is 26.1 Å². The number of benzene rings is 1. The molecule has 9 heteroatoms. The van der Waals surface area contributed by atoms with Crippen molar-refractivity contribution in [3.05, 3.63) is 47.8 Å². The molecule has 1 aromatic heterocycles. The molecule has 1 fully saturated rings. The summed E-state index contributed by atoms with van der Waals surface area (Å²) in [6.07, 6.45) is 0.496. The molecule has 0 spiro atoms. The fourth-order valence-electron chi connectivity index (χ4n) is 4.63. The normalized spacial score (nSPS) is 19.4. The SMILES string of the molecule is O=C(O)C1=CN(CC2(n3cc(C(F)(F)F)c4ccccc43)CCCC2)CC(=O)C1=O. The van der Waals surface area contributed by atoms with Gasteiger partial charge in [0, 0.05) is 29.8 Å². The molecule has 0 saturated heterocycles. The summed E-state index contributed by atoms with van der Waals surface area (Å²) in [7, 11) is 0. The summed E-state index contributed by atoms with van der Waals surface area (Å²) in [6.45, 7) is -0.151. The zero-order valence-electron chi connectivity index (χ0n) is 15.9. The predicted molar refractivity (Wildman–Crippen MR) is 101 cm³/mol. The molecule has 1 N–H and O–H groups in total. The van der Waals surface area contributed by atoms with Gasteiger partial charge in [0.1, 0.15) is 5.57 Å². The van der Waals surface area contributed by atoms with E-state index >= 15 is 0 Å². The summed E-state index contributed by atoms with van der Waals surface area (Å²) in [6, 6.07) is 6.30. The minimum absolute atomic E-state index is 0.0999. The Labute approximate surface area is 169 Å². The monoisotopic (exact) mass is 420 g/mol. The van der Waals surface area contributed by atoms with Crippen molar-refractivity contribution in [2.45, 2.75) is 37.4 Å². The maximum absolute atomic E-state index is 13.7. The first-order valence-electron chi connectivity index (χ1n) is 9.57. The number of nitrogens with zero attached hydrogens (tertiary/aromatic N) is 2. The Morgan fingerprint density at radius 2 is 1.80 bits per heavy atom. The van der Waals surface area contributed by atoms with E-state index in [0.29, 0.717) is 18.4 Å². The number of hydrogen-bond acceptors (Lipinski definition) is 4. The first-order valence-corrected chi connectivity index (χ1v) is 9.57. The van der Waals surface area contributed by atoms with Crippen molar-refractivity contribution in [2.75, 3.05) is 13.1 Å². The van der Waals surface area contributed by atoms with E-state index in [4.69, 9.17) is 0 Å². The van der Waals surface area contributed by atoms with Crippen LogP contribution in [0.3, 0.4) is 0 Å². The van der Waals surface area contributed by atoms with E-state index in [2.05, 4.69) is 0 Å². The van der Waals surface area contributed by atoms with Crippen molar-refractivity contribution in [3.63, 3.8) is 0 Å². The van der Waals surface area contributed by atoms with Crippen molar-refractivity contribution in [1.82, 2.24) is 9.47 Å². The number of carbonyl (C=O) groups is 3. The van der Waals surface area contributed by atoms with Gasteiger partial charge >= 0.3 is 12.1 Å². The number of aliphatic carboxylic acids is 1. The molecule has 30 heavy (non-hydrogen) atoms. The van der Waals surface area contributed by atoms with E-state index in [1.54, 1.807) is 22.8 Å². The van der Waals surface area contributed by atoms with Crippen LogP contribution in [-0.4, -0.2) is 45.2 Å². The number of hydrogen-bond donors (Lipinski definition) is 1. The van der Waals surface area contributed by atoms with Crippen molar-refractivity contribution >= 4 is 28.4 Å². The average molecular weight is 420 g/mol. The second kappa shape index (κ2) is 7.00. The van der Waals surface area contributed by atoms with E-state index in [0.717, 1.165) is 25.2 Å². The smallest absolute Gasteiger partial charge is 0.418 e. The van der Waals surface area contributed by atoms with Crippen LogP contribution in [0.1, 0.15) is 31.2 Å². The Balaban J connectivity index is 1.81. The standard InChI is InChI=1S/C21H19F3N2O4/c22-21(23,24)15-10-26(16-6-2-1-5-13(15)16)20(7-3-4-8-20)12-25-9-14(19(29)30)18(28)17(27)11-25/h1-2,5-6,9-10H,3-4,7-8,11-12H2,(H,29,30). The third-order valence-corrected chi connectivity index (χ3v) is 5.95. The number of carboxylic acids is 1. The van der Waals surface area contributed by atoms with Crippen LogP contribution < -0.4 is 0 Å². The predicted octanol–water partition coefficient (Wildman–Crippen LogP) is 3.35. The molecule has 0 unspecified atom stereocenters. The van der Waals surface area contributed by atoms with Gasteiger partial charge in [0.15, 0.2) is 0 Å². The summed E-state index contributed by atoms with van der Waals surface area (Å²) >= 11 is 0. The summed E-state index contributed by atoms with van der Waals surface area (Å²) in [5.74, 6) is -3.38. The fourth-order valence-corrected chi connectivity index (χ4v) is 4.63. The largest absolute Gasteiger partial charge is 0.477 e. The molecule has 158 valence electrons. The topological polar surface area (TPSA) is 79.6 Å². The molecule has 1 aliphatic carbocycles. The number of alkyl halides is 3. The lowest BCUT2D eigenvalue weighted by Gasteiger charge is -2.38. The highest BCUT2D eigenvalue weighted by molar-refractivity contribution is 6.50. The van der Waals surface area contributed by atoms with E-state index in [1.807, 2.05) is 0 Å². The van der Waals surface area contributed by atoms with Gasteiger partial charge < -0.3 is 14.6 Å². The number of carboxylic acid groups (broad SMARTS) is 1. The van der Waals surface area contributed by atoms with Crippen LogP contribution >= 0.6 is 0 Å². The number of aromatic nitrogens is 1. The van der Waals surface area contributed by atoms with Crippen LogP contribution in [0.25, 0.3) is 10.9 Å². The van der Waals surface area contributed by atoms with Crippen LogP contribution in [0.4, 0.5) is 13.2 Å². The van der Waals surface area contributed by atoms with Crippen molar-refractivity contribution in [3.8, 4) is 0 Å². The summed E-state index contributed by atoms with van der Waals surface area (Å²) < 4.78 is 42.6. The Bertz CT molecular complexity index is 1080. The number of carbonyl (C=O) groups excluding carboxylic acids is 2. The minimum Gasteiger partial charge on any atom is -0.477 e. The second-order valence-electron chi connectivity index (χ2n) is 7.86. The number of halogens is 3. The Hall–Kier alpha value is -3.10. The minimum atomic E-state index is -4.52. The second-order valence-corrected chi connectivity index (χ2v) is 7.86. The molecule has 0 amide bonds. The van der Waals surface area contributed by atoms with Crippen LogP contribution in [0.15, 0.2) is 42.2 Å². The zero-order valence-corrected chi connectivity index (χ0v) is 15.9. The van der Waals surface area contributed by atoms with Crippen LogP contribution in [0, 0.1) is 0 Å². The highest BCUT2D eigenvalue weighted by Gasteiger charge is 2.43. The van der Waals surface area contributed by atoms with Crippen molar-refractivity contribution < 1.29 is 32.7 Å². The van der Waals surface area contributed by atoms with Gasteiger partial charge in [0.2, 0.25) is 11.6 Å². The fraction of sp³-hybridized carbons (Fsp3) is 0.381. The highest BCUT2D eigenvalue weighted by atomic mass is 19.4. The number of fused-ring (bicyclic) bond motifs is 1. The van der Waals surface area contributed by atoms with Gasteiger partial charge in [0.05, 0.1) is 17.6 Å². The molecular weight excluding hydrogens is 401 g/mol. The molecule has 2 heterocycles. The van der Waals surface area contributed by atoms with E-state index in [1.165, 1.54) is 11.0 Å². The lowest BCUT2D eigenvalue weighted by atomic mass is 9.94. The van der Waals surface area contributed by atoms with Crippen molar-refractivity contribution in [1.29, 1.82) is 0 Å². The molecule has 0 radical (unpaired) electrons. The van der Waals surface area contributed by atoms with Crippen LogP contribution in [0.2, 0.25) is 0 Å². The van der Waals surface area contributed by atoms with E-state index in [-0.39, 0.29) is 18.5 Å². The van der Waals surface area contributed by atoms with Gasteiger partial charge in [-0.2, -0.15) is 13.2 Å². The number of para-hydroxylation sites is 1. The van der Waals surface area contributed by atoms with Crippen LogP contribution in [0.5, 0.6) is 0 Å². The van der Waals surface area contributed by atoms with Gasteiger partial charge in [-0.25, -0.2) is 4.79 Å². The molecule has 2 aromatic rings. The third-order valence-electron chi connectivity index (χ3n) is 5.95. The molecule has 2 aliphatic rings. The first kappa shape index (κ1) is 20.2. The molecule has 0 bridgehead atoms. The Morgan fingerprint density at radius 3 is 2.43 bits per heavy atom.